The standard InChI is InChI=1S/C16H16ClN7OS.ClH/c17-11-4-3-10(19-16(25)12-8-26-14(20-12)5-6-18)7-13(11)24-15(9-1-2-9)21-22-23-24;/h3-4,7-9H,1-2,5-6,18H2,(H,19,25);1H. The maximum atomic E-state index is 12.4. The van der Waals surface area contributed by atoms with Gasteiger partial charge in [-0.2, -0.15) is 4.68 Å². The normalized spacial score (nSPS) is 13.3. The van der Waals surface area contributed by atoms with Crippen LogP contribution in [0.4, 0.5) is 5.69 Å². The number of tetrazole rings is 1. The molecule has 0 radical (unpaired) electrons. The van der Waals surface area contributed by atoms with Crippen molar-refractivity contribution in [3.8, 4) is 5.69 Å². The Hall–Kier alpha value is -2.07. The molecule has 0 unspecified atom stereocenters. The molecule has 1 fully saturated rings. The van der Waals surface area contributed by atoms with Crippen molar-refractivity contribution in [1.29, 1.82) is 0 Å². The molecule has 0 bridgehead atoms. The topological polar surface area (TPSA) is 112 Å². The Morgan fingerprint density at radius 2 is 2.22 bits per heavy atom. The maximum absolute atomic E-state index is 12.4. The van der Waals surface area contributed by atoms with Gasteiger partial charge in [-0.1, -0.05) is 11.6 Å². The van der Waals surface area contributed by atoms with E-state index in [1.807, 2.05) is 0 Å². The number of carbonyl (C=O) groups excluding carboxylic acids is 1. The molecule has 11 heteroatoms. The van der Waals surface area contributed by atoms with Gasteiger partial charge in [0.1, 0.15) is 5.69 Å². The molecule has 27 heavy (non-hydrogen) atoms. The second-order valence-electron chi connectivity index (χ2n) is 6.01. The van der Waals surface area contributed by atoms with E-state index in [4.69, 9.17) is 17.3 Å². The first-order valence-corrected chi connectivity index (χ1v) is 9.45. The van der Waals surface area contributed by atoms with Gasteiger partial charge in [0, 0.05) is 23.4 Å². The van der Waals surface area contributed by atoms with E-state index in [0.717, 1.165) is 23.7 Å². The van der Waals surface area contributed by atoms with Crippen LogP contribution < -0.4 is 11.1 Å². The first kappa shape index (κ1) is 19.7. The second-order valence-corrected chi connectivity index (χ2v) is 7.36. The van der Waals surface area contributed by atoms with Gasteiger partial charge in [0.2, 0.25) is 0 Å². The van der Waals surface area contributed by atoms with E-state index in [1.165, 1.54) is 11.3 Å². The number of aromatic nitrogens is 5. The van der Waals surface area contributed by atoms with Crippen molar-refractivity contribution < 1.29 is 4.79 Å². The predicted molar refractivity (Wildman–Crippen MR) is 106 cm³/mol. The van der Waals surface area contributed by atoms with Gasteiger partial charge in [0.15, 0.2) is 5.82 Å². The van der Waals surface area contributed by atoms with E-state index >= 15 is 0 Å². The van der Waals surface area contributed by atoms with Crippen molar-refractivity contribution in [2.24, 2.45) is 5.73 Å². The first-order valence-electron chi connectivity index (χ1n) is 8.19. The Morgan fingerprint density at radius 3 is 2.96 bits per heavy atom. The molecule has 1 amide bonds. The molecule has 0 spiro atoms. The average Bonchev–Trinajstić information content (AvgIpc) is 3.17. The van der Waals surface area contributed by atoms with Gasteiger partial charge in [-0.15, -0.1) is 28.8 Å². The number of amides is 1. The van der Waals surface area contributed by atoms with Crippen molar-refractivity contribution in [3.05, 3.63) is 45.1 Å². The zero-order valence-electron chi connectivity index (χ0n) is 14.1. The van der Waals surface area contributed by atoms with Gasteiger partial charge < -0.3 is 11.1 Å². The lowest BCUT2D eigenvalue weighted by atomic mass is 10.2. The fraction of sp³-hybridized carbons (Fsp3) is 0.312. The van der Waals surface area contributed by atoms with E-state index in [2.05, 4.69) is 25.8 Å². The summed E-state index contributed by atoms with van der Waals surface area (Å²) < 4.78 is 1.64. The van der Waals surface area contributed by atoms with E-state index in [9.17, 15) is 4.79 Å². The number of benzene rings is 1. The number of hydrogen-bond donors (Lipinski definition) is 2. The van der Waals surface area contributed by atoms with E-state index in [0.29, 0.717) is 41.0 Å². The Bertz CT molecular complexity index is 954. The quantitative estimate of drug-likeness (QED) is 0.627. The molecule has 1 aliphatic rings. The van der Waals surface area contributed by atoms with Crippen LogP contribution in [0.5, 0.6) is 0 Å². The number of halogens is 2. The van der Waals surface area contributed by atoms with Crippen molar-refractivity contribution >= 4 is 46.9 Å². The highest BCUT2D eigenvalue weighted by Gasteiger charge is 2.30. The first-order chi connectivity index (χ1) is 12.7. The van der Waals surface area contributed by atoms with Crippen LogP contribution in [-0.2, 0) is 6.42 Å². The fourth-order valence-corrected chi connectivity index (χ4v) is 3.55. The Morgan fingerprint density at radius 1 is 1.41 bits per heavy atom. The fourth-order valence-electron chi connectivity index (χ4n) is 2.56. The smallest absolute Gasteiger partial charge is 0.275 e. The number of thiazole rings is 1. The molecule has 0 aliphatic heterocycles. The third-order valence-corrected chi connectivity index (χ3v) is 5.24. The molecule has 1 aromatic carbocycles. The molecule has 0 atom stereocenters. The van der Waals surface area contributed by atoms with E-state index in [-0.39, 0.29) is 18.3 Å². The van der Waals surface area contributed by atoms with Crippen molar-refractivity contribution in [3.63, 3.8) is 0 Å². The summed E-state index contributed by atoms with van der Waals surface area (Å²) in [5.41, 5.74) is 7.13. The molecule has 8 nitrogen and oxygen atoms in total. The summed E-state index contributed by atoms with van der Waals surface area (Å²) in [5, 5.41) is 17.8. The molecule has 4 rings (SSSR count). The highest BCUT2D eigenvalue weighted by molar-refractivity contribution is 7.09. The van der Waals surface area contributed by atoms with Crippen LogP contribution in [0.15, 0.2) is 23.6 Å². The average molecular weight is 426 g/mol. The Balaban J connectivity index is 0.00000210. The van der Waals surface area contributed by atoms with Gasteiger partial charge in [-0.25, -0.2) is 4.98 Å². The van der Waals surface area contributed by atoms with Gasteiger partial charge in [0.05, 0.1) is 15.7 Å². The van der Waals surface area contributed by atoms with E-state index in [1.54, 1.807) is 28.3 Å². The predicted octanol–water partition coefficient (Wildman–Crippen LogP) is 2.82. The lowest BCUT2D eigenvalue weighted by molar-refractivity contribution is 0.102. The summed E-state index contributed by atoms with van der Waals surface area (Å²) in [6, 6.07) is 5.21. The zero-order chi connectivity index (χ0) is 18.1. The van der Waals surface area contributed by atoms with Gasteiger partial charge >= 0.3 is 0 Å². The van der Waals surface area contributed by atoms with Crippen LogP contribution in [0.1, 0.15) is 40.1 Å². The lowest BCUT2D eigenvalue weighted by Crippen LogP contribution is -2.13. The number of nitrogens with zero attached hydrogens (tertiary/aromatic N) is 5. The van der Waals surface area contributed by atoms with Gasteiger partial charge in [0.25, 0.3) is 5.91 Å². The third kappa shape index (κ3) is 4.27. The Kier molecular flexibility index (Phi) is 6.05. The summed E-state index contributed by atoms with van der Waals surface area (Å²) in [6.45, 7) is 0.504. The SMILES string of the molecule is Cl.NCCc1nc(C(=O)Nc2ccc(Cl)c(-n3nnnc3C3CC3)c2)cs1. The maximum Gasteiger partial charge on any atom is 0.275 e. The lowest BCUT2D eigenvalue weighted by Gasteiger charge is -2.09. The molecule has 1 aliphatic carbocycles. The molecule has 2 heterocycles. The van der Waals surface area contributed by atoms with Crippen molar-refractivity contribution in [2.75, 3.05) is 11.9 Å². The van der Waals surface area contributed by atoms with Crippen molar-refractivity contribution in [2.45, 2.75) is 25.2 Å². The molecular formula is C16H17Cl2N7OS. The highest BCUT2D eigenvalue weighted by atomic mass is 35.5. The highest BCUT2D eigenvalue weighted by Crippen LogP contribution is 2.40. The number of nitrogens with one attached hydrogen (secondary N) is 1. The van der Waals surface area contributed by atoms with Crippen LogP contribution in [0.3, 0.4) is 0 Å². The summed E-state index contributed by atoms with van der Waals surface area (Å²) in [7, 11) is 0. The van der Waals surface area contributed by atoms with Crippen LogP contribution in [0.25, 0.3) is 5.69 Å². The van der Waals surface area contributed by atoms with Crippen LogP contribution >= 0.6 is 35.3 Å². The number of carbonyl (C=O) groups is 1. The minimum atomic E-state index is -0.281. The number of rotatable bonds is 6. The number of hydrogen-bond acceptors (Lipinski definition) is 7. The van der Waals surface area contributed by atoms with Crippen LogP contribution in [0, 0.1) is 0 Å². The molecule has 3 N–H and O–H groups in total. The molecule has 0 saturated heterocycles. The summed E-state index contributed by atoms with van der Waals surface area (Å²) in [4.78, 5) is 16.7. The minimum absolute atomic E-state index is 0. The molecule has 2 aromatic heterocycles. The molecule has 3 aromatic rings. The monoisotopic (exact) mass is 425 g/mol. The second kappa shape index (κ2) is 8.30. The summed E-state index contributed by atoms with van der Waals surface area (Å²) in [5.74, 6) is 0.883. The van der Waals surface area contributed by atoms with Crippen LogP contribution in [0.2, 0.25) is 5.02 Å². The number of nitrogens with two attached hydrogens (primary N) is 1. The Labute approximate surface area is 170 Å². The largest absolute Gasteiger partial charge is 0.330 e. The number of anilines is 1. The minimum Gasteiger partial charge on any atom is -0.330 e. The molecule has 1 saturated carbocycles. The van der Waals surface area contributed by atoms with Gasteiger partial charge in [-0.3, -0.25) is 4.79 Å². The van der Waals surface area contributed by atoms with E-state index < -0.39 is 0 Å². The van der Waals surface area contributed by atoms with Gasteiger partial charge in [-0.05, 0) is 48.0 Å². The molecular weight excluding hydrogens is 409 g/mol. The molecule has 142 valence electrons. The summed E-state index contributed by atoms with van der Waals surface area (Å²) >= 11 is 7.75. The zero-order valence-corrected chi connectivity index (χ0v) is 16.5. The van der Waals surface area contributed by atoms with Crippen molar-refractivity contribution in [1.82, 2.24) is 25.2 Å². The summed E-state index contributed by atoms with van der Waals surface area (Å²) in [6.07, 6.45) is 2.80. The third-order valence-electron chi connectivity index (χ3n) is 4.01. The van der Waals surface area contributed by atoms with Crippen LogP contribution in [-0.4, -0.2) is 37.6 Å².